The molecule has 7 N–H and O–H groups in total. The fraction of sp³-hybridized carbons (Fsp3) is 0.535. The summed E-state index contributed by atoms with van der Waals surface area (Å²) in [5.74, 6) is -3.18. The number of unbranched alkanes of at least 4 members (excludes halogenated alkanes) is 3. The molecule has 0 spiro atoms. The van der Waals surface area contributed by atoms with E-state index < -0.39 is 63.5 Å². The number of imide groups is 1. The number of nitrogens with zero attached hydrogens (tertiary/aromatic N) is 4. The van der Waals surface area contributed by atoms with E-state index in [9.17, 15) is 46.8 Å². The van der Waals surface area contributed by atoms with Crippen molar-refractivity contribution in [2.24, 2.45) is 18.5 Å². The number of piperidine rings is 1. The van der Waals surface area contributed by atoms with Gasteiger partial charge >= 0.3 is 5.69 Å². The molecule has 3 fully saturated rings. The molecule has 1 unspecified atom stereocenters. The lowest BCUT2D eigenvalue weighted by Gasteiger charge is -2.37. The first-order valence-corrected chi connectivity index (χ1v) is 23.4. The first-order valence-electron chi connectivity index (χ1n) is 21.5. The monoisotopic (exact) mass is 891 g/mol. The van der Waals surface area contributed by atoms with Crippen molar-refractivity contribution in [2.75, 3.05) is 19.3 Å². The van der Waals surface area contributed by atoms with Gasteiger partial charge in [-0.2, -0.15) is 0 Å². The Morgan fingerprint density at radius 3 is 2.30 bits per heavy atom. The maximum absolute atomic E-state index is 13.8. The lowest BCUT2D eigenvalue weighted by molar-refractivity contribution is -0.145. The van der Waals surface area contributed by atoms with Crippen molar-refractivity contribution >= 4 is 62.2 Å². The predicted molar refractivity (Wildman–Crippen MR) is 230 cm³/mol. The zero-order valence-electron chi connectivity index (χ0n) is 35.7. The molecule has 2 aromatic carbocycles. The third-order valence-electron chi connectivity index (χ3n) is 12.3. The molecule has 3 aromatic rings. The second kappa shape index (κ2) is 20.1. The van der Waals surface area contributed by atoms with Crippen LogP contribution >= 0.6 is 0 Å². The third kappa shape index (κ3) is 11.2. The Labute approximate surface area is 365 Å². The second-order valence-corrected chi connectivity index (χ2v) is 18.9. The average molecular weight is 892 g/mol. The SMILES string of the molecule is Cn1c(=O)n(C2CCC(=O)NC2=O)c2ccc(CCCCCCC(=O)N3CC[C@H]4CC[C@@H](C(=O)N[C@@H](CCC(N)=O)C(=O)NCc5ccc(S(C)(=O)=O)cc5)N4C(=O)[C@@H](N)C3)cc21. The van der Waals surface area contributed by atoms with Crippen molar-refractivity contribution in [1.29, 1.82) is 0 Å². The lowest BCUT2D eigenvalue weighted by Crippen LogP contribution is -2.60. The van der Waals surface area contributed by atoms with Crippen LogP contribution in [0.5, 0.6) is 0 Å². The molecule has 3 saturated heterocycles. The third-order valence-corrected chi connectivity index (χ3v) is 13.4. The van der Waals surface area contributed by atoms with Crippen LogP contribution in [0.4, 0.5) is 0 Å². The standard InChI is InChI=1S/C43H57N9O10S/c1-49-35-23-26(11-16-32(35)52(43(49)60)34-18-20-37(54)48-41(34)58)7-5-3-4-6-8-38(55)50-22-21-28-12-17-33(51(28)42(59)30(44)25-50)40(57)47-31(15-19-36(45)53)39(56)46-24-27-9-13-29(14-10-27)63(2,61)62/h9-11,13-14,16,23,28,30-31,33-34H,3-8,12,15,17-22,24-25,44H2,1-2H3,(H2,45,53)(H,46,56)(H,47,57)(H,48,54,58)/t28-,30+,31+,33+,34?/m1/s1. The first-order chi connectivity index (χ1) is 29.9. The van der Waals surface area contributed by atoms with Gasteiger partial charge in [0.25, 0.3) is 0 Å². The predicted octanol–water partition coefficient (Wildman–Crippen LogP) is 0.200. The molecule has 1 aromatic heterocycles. The summed E-state index contributed by atoms with van der Waals surface area (Å²) < 4.78 is 26.6. The van der Waals surface area contributed by atoms with E-state index in [2.05, 4.69) is 16.0 Å². The fourth-order valence-corrected chi connectivity index (χ4v) is 9.42. The Morgan fingerprint density at radius 1 is 0.889 bits per heavy atom. The number of carbonyl (C=O) groups is 7. The van der Waals surface area contributed by atoms with Crippen LogP contribution in [0.15, 0.2) is 52.2 Å². The molecule has 6 rings (SSSR count). The smallest absolute Gasteiger partial charge is 0.329 e. The highest BCUT2D eigenvalue weighted by Crippen LogP contribution is 2.30. The van der Waals surface area contributed by atoms with Crippen LogP contribution in [0.3, 0.4) is 0 Å². The number of fused-ring (bicyclic) bond motifs is 2. The number of amides is 7. The van der Waals surface area contributed by atoms with Crippen LogP contribution in [-0.2, 0) is 63.4 Å². The molecule has 3 aliphatic rings. The Bertz CT molecular complexity index is 2430. The van der Waals surface area contributed by atoms with Crippen LogP contribution in [0.1, 0.15) is 94.2 Å². The van der Waals surface area contributed by atoms with Gasteiger partial charge in [0, 0.05) is 58.2 Å². The minimum Gasteiger partial charge on any atom is -0.370 e. The maximum Gasteiger partial charge on any atom is 0.329 e. The Morgan fingerprint density at radius 2 is 1.60 bits per heavy atom. The van der Waals surface area contributed by atoms with Gasteiger partial charge < -0.3 is 31.9 Å². The van der Waals surface area contributed by atoms with Crippen LogP contribution in [-0.4, -0.2) is 112 Å². The van der Waals surface area contributed by atoms with E-state index in [-0.39, 0.29) is 67.2 Å². The molecule has 5 atom stereocenters. The van der Waals surface area contributed by atoms with E-state index in [1.807, 2.05) is 18.2 Å². The minimum atomic E-state index is -3.40. The summed E-state index contributed by atoms with van der Waals surface area (Å²) in [5.41, 5.74) is 14.4. The largest absolute Gasteiger partial charge is 0.370 e. The number of nitrogens with two attached hydrogens (primary N) is 2. The highest BCUT2D eigenvalue weighted by atomic mass is 32.2. The Balaban J connectivity index is 0.962. The summed E-state index contributed by atoms with van der Waals surface area (Å²) in [5, 5.41) is 7.75. The van der Waals surface area contributed by atoms with Crippen molar-refractivity contribution in [2.45, 2.75) is 125 Å². The molecule has 20 heteroatoms. The number of imidazole rings is 1. The number of benzene rings is 2. The van der Waals surface area contributed by atoms with Gasteiger partial charge in [-0.3, -0.25) is 48.0 Å². The normalized spacial score (nSPS) is 21.0. The molecule has 0 bridgehead atoms. The van der Waals surface area contributed by atoms with Gasteiger partial charge in [-0.05, 0) is 86.8 Å². The minimum absolute atomic E-state index is 0.000281. The molecule has 7 amide bonds. The van der Waals surface area contributed by atoms with Crippen molar-refractivity contribution in [3.63, 3.8) is 0 Å². The molecular weight excluding hydrogens is 835 g/mol. The first kappa shape index (κ1) is 46.6. The summed E-state index contributed by atoms with van der Waals surface area (Å²) in [4.78, 5) is 106. The molecule has 340 valence electrons. The second-order valence-electron chi connectivity index (χ2n) is 16.8. The number of sulfone groups is 1. The molecule has 0 radical (unpaired) electrons. The lowest BCUT2D eigenvalue weighted by atomic mass is 10.0. The van der Waals surface area contributed by atoms with Gasteiger partial charge in [0.2, 0.25) is 41.4 Å². The zero-order valence-corrected chi connectivity index (χ0v) is 36.5. The van der Waals surface area contributed by atoms with Crippen molar-refractivity contribution in [3.8, 4) is 0 Å². The highest BCUT2D eigenvalue weighted by molar-refractivity contribution is 7.90. The van der Waals surface area contributed by atoms with Gasteiger partial charge in [0.05, 0.1) is 15.9 Å². The number of rotatable bonds is 17. The van der Waals surface area contributed by atoms with Crippen LogP contribution in [0, 0.1) is 0 Å². The molecule has 3 aliphatic heterocycles. The molecular formula is C43H57N9O10S. The number of nitrogens with one attached hydrogen (secondary N) is 3. The number of hydrogen-bond donors (Lipinski definition) is 5. The van der Waals surface area contributed by atoms with Gasteiger partial charge in [-0.1, -0.05) is 31.0 Å². The number of aromatic nitrogens is 2. The average Bonchev–Trinajstić information content (AvgIpc) is 3.77. The molecule has 19 nitrogen and oxygen atoms in total. The highest BCUT2D eigenvalue weighted by Gasteiger charge is 2.45. The fourth-order valence-electron chi connectivity index (χ4n) is 8.79. The summed E-state index contributed by atoms with van der Waals surface area (Å²) in [7, 11) is -1.74. The topological polar surface area (TPSA) is 275 Å². The quantitative estimate of drug-likeness (QED) is 0.0902. The van der Waals surface area contributed by atoms with Crippen LogP contribution in [0.25, 0.3) is 11.0 Å². The van der Waals surface area contributed by atoms with E-state index in [1.165, 1.54) is 26.2 Å². The Kier molecular flexibility index (Phi) is 14.9. The Hall–Kier alpha value is -5.89. The van der Waals surface area contributed by atoms with Gasteiger partial charge in [-0.15, -0.1) is 0 Å². The van der Waals surface area contributed by atoms with E-state index in [4.69, 9.17) is 11.5 Å². The van der Waals surface area contributed by atoms with Crippen LogP contribution in [0.2, 0.25) is 0 Å². The molecule has 0 aliphatic carbocycles. The van der Waals surface area contributed by atoms with Crippen molar-refractivity contribution in [1.82, 2.24) is 34.9 Å². The maximum atomic E-state index is 13.8. The van der Waals surface area contributed by atoms with Crippen molar-refractivity contribution < 1.29 is 42.0 Å². The van der Waals surface area contributed by atoms with Gasteiger partial charge in [-0.25, -0.2) is 13.2 Å². The number of primary amides is 1. The number of aryl methyl sites for hydroxylation is 2. The van der Waals surface area contributed by atoms with Gasteiger partial charge in [0.1, 0.15) is 24.2 Å². The van der Waals surface area contributed by atoms with E-state index in [0.29, 0.717) is 55.2 Å². The van der Waals surface area contributed by atoms with E-state index in [1.54, 1.807) is 24.1 Å². The summed E-state index contributed by atoms with van der Waals surface area (Å²) in [6.45, 7) is 0.391. The zero-order chi connectivity index (χ0) is 45.6. The van der Waals surface area contributed by atoms with Crippen LogP contribution < -0.4 is 33.1 Å². The summed E-state index contributed by atoms with van der Waals surface area (Å²) >= 11 is 0. The summed E-state index contributed by atoms with van der Waals surface area (Å²) in [6, 6.07) is 7.51. The van der Waals surface area contributed by atoms with E-state index in [0.717, 1.165) is 37.5 Å². The molecule has 4 heterocycles. The number of hydrogen-bond acceptors (Lipinski definition) is 11. The molecule has 0 saturated carbocycles. The molecule has 63 heavy (non-hydrogen) atoms. The van der Waals surface area contributed by atoms with Crippen molar-refractivity contribution in [3.05, 3.63) is 64.1 Å². The van der Waals surface area contributed by atoms with Gasteiger partial charge in [0.15, 0.2) is 9.84 Å². The van der Waals surface area contributed by atoms with E-state index >= 15 is 0 Å². The number of carbonyl (C=O) groups excluding carboxylic acids is 7. The summed E-state index contributed by atoms with van der Waals surface area (Å²) in [6.07, 6.45) is 6.77.